The lowest BCUT2D eigenvalue weighted by Crippen LogP contribution is -2.39. The van der Waals surface area contributed by atoms with Gasteiger partial charge >= 0.3 is 5.97 Å². The molecule has 3 heteroatoms. The molecule has 1 rings (SSSR count). The van der Waals surface area contributed by atoms with Crippen molar-refractivity contribution in [3.05, 3.63) is 0 Å². The minimum atomic E-state index is -0.732. The molecule has 1 aliphatic heterocycles. The maximum Gasteiger partial charge on any atom is 0.312 e. The smallest absolute Gasteiger partial charge is 0.312 e. The van der Waals surface area contributed by atoms with Gasteiger partial charge in [-0.25, -0.2) is 0 Å². The molecule has 1 fully saturated rings. The summed E-state index contributed by atoms with van der Waals surface area (Å²) in [6, 6.07) is 0. The Balaban J connectivity index is 2.90. The first-order valence-electron chi connectivity index (χ1n) is 5.68. The van der Waals surface area contributed by atoms with Crippen LogP contribution in [0.15, 0.2) is 0 Å². The number of carbonyl (C=O) groups is 1. The Morgan fingerprint density at radius 1 is 1.33 bits per heavy atom. The maximum atomic E-state index is 11.3. The summed E-state index contributed by atoms with van der Waals surface area (Å²) in [7, 11) is 0. The molecule has 88 valence electrons. The Morgan fingerprint density at radius 3 is 2.13 bits per heavy atom. The second kappa shape index (κ2) is 4.12. The molecule has 0 spiro atoms. The summed E-state index contributed by atoms with van der Waals surface area (Å²) in [6.45, 7) is 10.0. The number of ether oxygens (including phenoxy) is 1. The largest absolute Gasteiger partial charge is 0.481 e. The first-order chi connectivity index (χ1) is 6.79. The van der Waals surface area contributed by atoms with Crippen LogP contribution in [-0.2, 0) is 9.53 Å². The number of hydrogen-bond donors (Lipinski definition) is 1. The zero-order chi connectivity index (χ0) is 11.8. The van der Waals surface area contributed by atoms with Crippen molar-refractivity contribution in [3.8, 4) is 0 Å². The minimum absolute atomic E-state index is 0.0819. The molecule has 1 heterocycles. The van der Waals surface area contributed by atoms with E-state index in [-0.39, 0.29) is 18.1 Å². The molecule has 15 heavy (non-hydrogen) atoms. The van der Waals surface area contributed by atoms with E-state index in [9.17, 15) is 9.90 Å². The summed E-state index contributed by atoms with van der Waals surface area (Å²) >= 11 is 0. The molecule has 0 saturated carbocycles. The molecule has 0 bridgehead atoms. The van der Waals surface area contributed by atoms with Crippen LogP contribution >= 0.6 is 0 Å². The number of aliphatic carboxylic acids is 1. The molecule has 1 saturated heterocycles. The molecular formula is C12H22O3. The van der Waals surface area contributed by atoms with Crippen molar-refractivity contribution in [2.75, 3.05) is 0 Å². The summed E-state index contributed by atoms with van der Waals surface area (Å²) in [5.41, 5.74) is -0.719. The highest BCUT2D eigenvalue weighted by Gasteiger charge is 2.52. The van der Waals surface area contributed by atoms with Gasteiger partial charge in [0, 0.05) is 0 Å². The van der Waals surface area contributed by atoms with E-state index in [1.54, 1.807) is 0 Å². The summed E-state index contributed by atoms with van der Waals surface area (Å²) in [5, 5.41) is 9.31. The molecule has 0 aromatic heterocycles. The summed E-state index contributed by atoms with van der Waals surface area (Å²) in [4.78, 5) is 11.3. The predicted octanol–water partition coefficient (Wildman–Crippen LogP) is 2.55. The number of hydrogen-bond acceptors (Lipinski definition) is 2. The maximum absolute atomic E-state index is 11.3. The number of carboxylic acids is 1. The first-order valence-corrected chi connectivity index (χ1v) is 5.68. The summed E-state index contributed by atoms with van der Waals surface area (Å²) in [5.74, 6) is -0.105. The Kier molecular flexibility index (Phi) is 3.44. The molecule has 0 amide bonds. The standard InChI is InChI=1S/C12H22O3/c1-7(2)9-6-12(5,11(13)14)10(15-9)8(3)4/h7-10H,6H2,1-5H3,(H,13,14)/t9-,10?,12?/m0/s1. The van der Waals surface area contributed by atoms with Gasteiger partial charge in [0.1, 0.15) is 0 Å². The minimum Gasteiger partial charge on any atom is -0.481 e. The average Bonchev–Trinajstić information content (AvgIpc) is 2.44. The van der Waals surface area contributed by atoms with Crippen LogP contribution in [0.3, 0.4) is 0 Å². The van der Waals surface area contributed by atoms with Crippen molar-refractivity contribution in [2.24, 2.45) is 17.3 Å². The molecule has 3 nitrogen and oxygen atoms in total. The lowest BCUT2D eigenvalue weighted by Gasteiger charge is -2.28. The second-order valence-electron chi connectivity index (χ2n) is 5.51. The van der Waals surface area contributed by atoms with Crippen molar-refractivity contribution in [2.45, 2.75) is 53.2 Å². The molecule has 0 aromatic carbocycles. The van der Waals surface area contributed by atoms with Crippen molar-refractivity contribution in [1.29, 1.82) is 0 Å². The van der Waals surface area contributed by atoms with Gasteiger partial charge in [0.2, 0.25) is 0 Å². The third kappa shape index (κ3) is 2.17. The van der Waals surface area contributed by atoms with Crippen LogP contribution in [0, 0.1) is 17.3 Å². The topological polar surface area (TPSA) is 46.5 Å². The first kappa shape index (κ1) is 12.5. The third-order valence-electron chi connectivity index (χ3n) is 3.41. The van der Waals surface area contributed by atoms with Crippen LogP contribution in [0.4, 0.5) is 0 Å². The number of carboxylic acid groups (broad SMARTS) is 1. The van der Waals surface area contributed by atoms with Gasteiger partial charge in [-0.1, -0.05) is 27.7 Å². The van der Waals surface area contributed by atoms with Crippen molar-refractivity contribution >= 4 is 5.97 Å². The van der Waals surface area contributed by atoms with Crippen LogP contribution in [0.2, 0.25) is 0 Å². The predicted molar refractivity (Wildman–Crippen MR) is 58.7 cm³/mol. The van der Waals surface area contributed by atoms with Crippen LogP contribution in [0.1, 0.15) is 41.0 Å². The molecule has 1 aliphatic rings. The van der Waals surface area contributed by atoms with E-state index in [4.69, 9.17) is 4.74 Å². The van der Waals surface area contributed by atoms with Gasteiger partial charge < -0.3 is 9.84 Å². The Bertz CT molecular complexity index is 247. The zero-order valence-electron chi connectivity index (χ0n) is 10.3. The normalized spacial score (nSPS) is 36.5. The Hall–Kier alpha value is -0.570. The zero-order valence-corrected chi connectivity index (χ0v) is 10.3. The molecule has 0 aliphatic carbocycles. The molecule has 2 unspecified atom stereocenters. The highest BCUT2D eigenvalue weighted by atomic mass is 16.5. The van der Waals surface area contributed by atoms with E-state index < -0.39 is 11.4 Å². The van der Waals surface area contributed by atoms with Crippen LogP contribution in [-0.4, -0.2) is 23.3 Å². The van der Waals surface area contributed by atoms with Gasteiger partial charge in [-0.15, -0.1) is 0 Å². The Morgan fingerprint density at radius 2 is 1.87 bits per heavy atom. The molecular weight excluding hydrogens is 192 g/mol. The fraction of sp³-hybridized carbons (Fsp3) is 0.917. The molecule has 1 N–H and O–H groups in total. The van der Waals surface area contributed by atoms with Gasteiger partial charge in [0.25, 0.3) is 0 Å². The second-order valence-corrected chi connectivity index (χ2v) is 5.51. The van der Waals surface area contributed by atoms with Crippen LogP contribution in [0.5, 0.6) is 0 Å². The summed E-state index contributed by atoms with van der Waals surface area (Å²) < 4.78 is 5.88. The lowest BCUT2D eigenvalue weighted by molar-refractivity contribution is -0.153. The fourth-order valence-corrected chi connectivity index (χ4v) is 2.42. The molecule has 0 aromatic rings. The van der Waals surface area contributed by atoms with Crippen molar-refractivity contribution < 1.29 is 14.6 Å². The highest BCUT2D eigenvalue weighted by molar-refractivity contribution is 5.75. The van der Waals surface area contributed by atoms with Crippen molar-refractivity contribution in [1.82, 2.24) is 0 Å². The molecule has 3 atom stereocenters. The van der Waals surface area contributed by atoms with Gasteiger partial charge in [-0.3, -0.25) is 4.79 Å². The van der Waals surface area contributed by atoms with Crippen molar-refractivity contribution in [3.63, 3.8) is 0 Å². The van der Waals surface area contributed by atoms with Gasteiger partial charge in [0.15, 0.2) is 0 Å². The average molecular weight is 214 g/mol. The van der Waals surface area contributed by atoms with E-state index >= 15 is 0 Å². The quantitative estimate of drug-likeness (QED) is 0.785. The highest BCUT2D eigenvalue weighted by Crippen LogP contribution is 2.44. The van der Waals surface area contributed by atoms with E-state index in [1.807, 2.05) is 20.8 Å². The van der Waals surface area contributed by atoms with E-state index in [0.717, 1.165) is 0 Å². The number of rotatable bonds is 3. The van der Waals surface area contributed by atoms with Gasteiger partial charge in [0.05, 0.1) is 17.6 Å². The van der Waals surface area contributed by atoms with Gasteiger partial charge in [-0.2, -0.15) is 0 Å². The fourth-order valence-electron chi connectivity index (χ4n) is 2.42. The third-order valence-corrected chi connectivity index (χ3v) is 3.41. The SMILES string of the molecule is CC(C)C1O[C@H](C(C)C)CC1(C)C(=O)O. The Labute approximate surface area is 91.8 Å². The van der Waals surface area contributed by atoms with Crippen LogP contribution in [0.25, 0.3) is 0 Å². The monoisotopic (exact) mass is 214 g/mol. The summed E-state index contributed by atoms with van der Waals surface area (Å²) in [6.07, 6.45) is 0.545. The van der Waals surface area contributed by atoms with E-state index in [2.05, 4.69) is 13.8 Å². The lowest BCUT2D eigenvalue weighted by atomic mass is 9.76. The van der Waals surface area contributed by atoms with Crippen LogP contribution < -0.4 is 0 Å². The van der Waals surface area contributed by atoms with E-state index in [1.165, 1.54) is 0 Å². The van der Waals surface area contributed by atoms with Gasteiger partial charge in [-0.05, 0) is 25.2 Å². The van der Waals surface area contributed by atoms with E-state index in [0.29, 0.717) is 12.3 Å². The molecule has 0 radical (unpaired) electrons.